The largest absolute Gasteiger partial charge is 0.496 e. The van der Waals surface area contributed by atoms with Crippen LogP contribution in [-0.4, -0.2) is 69.9 Å². The Bertz CT molecular complexity index is 3640. The molecule has 0 radical (unpaired) electrons. The molecule has 12 heteroatoms. The first-order valence-corrected chi connectivity index (χ1v) is 29.2. The van der Waals surface area contributed by atoms with Gasteiger partial charge in [-0.2, -0.15) is 0 Å². The number of fused-ring (bicyclic) bond motifs is 3. The van der Waals surface area contributed by atoms with Crippen molar-refractivity contribution in [3.8, 4) is 56.0 Å². The predicted octanol–water partition coefficient (Wildman–Crippen LogP) is 13.7. The highest BCUT2D eigenvalue weighted by atomic mass is 16.7. The van der Waals surface area contributed by atoms with Crippen LogP contribution in [0.4, 0.5) is 0 Å². The van der Waals surface area contributed by atoms with Crippen molar-refractivity contribution in [2.45, 2.75) is 161 Å². The number of hydrogen-bond acceptors (Lipinski definition) is 9. The zero-order valence-corrected chi connectivity index (χ0v) is 50.3. The minimum atomic E-state index is -0.576. The van der Waals surface area contributed by atoms with Gasteiger partial charge in [-0.15, -0.1) is 0 Å². The molecule has 3 aromatic heterocycles. The third kappa shape index (κ3) is 10.0. The second kappa shape index (κ2) is 20.1. The second-order valence-electron chi connectivity index (χ2n) is 27.0. The van der Waals surface area contributed by atoms with Crippen molar-refractivity contribution < 1.29 is 27.9 Å². The van der Waals surface area contributed by atoms with E-state index in [2.05, 4.69) is 243 Å². The summed E-state index contributed by atoms with van der Waals surface area (Å²) in [5.41, 5.74) is 15.6. The van der Waals surface area contributed by atoms with Gasteiger partial charge in [-0.25, -0.2) is 0 Å². The molecule has 3 aliphatic heterocycles. The van der Waals surface area contributed by atoms with Crippen LogP contribution in [0.1, 0.15) is 132 Å². The maximum Gasteiger partial charge on any atom is 0.496 e. The maximum absolute atomic E-state index is 6.86. The van der Waals surface area contributed by atoms with Gasteiger partial charge in [-0.1, -0.05) is 155 Å². The van der Waals surface area contributed by atoms with E-state index in [9.17, 15) is 0 Å². The standard InChI is InChI=1S/C70H76B3N3O6/c1-63(2,52-30-27-50(28-31-52)61-36-32-53(43-74-61)71-77-65(5,6)66(7,8)78-71)39-40-69(13)67(9,10)79-72(81-69)54-33-37-60(75-44-54)49-25-23-48(24-26-49)47-21-19-46(20-22-47)42-70(14)68(11,12)80-73(82-70)55-34-38-62(76-45-55)51-29-35-57-56-17-15-16-18-58(56)64(3,4)59(57)41-51/h15-38,41,43-45H,39-40,42H2,1-14H3. The number of benzene rings is 5. The van der Waals surface area contributed by atoms with Gasteiger partial charge >= 0.3 is 21.4 Å². The molecule has 0 bridgehead atoms. The van der Waals surface area contributed by atoms with E-state index < -0.39 is 55.0 Å². The molecule has 1 aliphatic carbocycles. The number of hydrogen-bond donors (Lipinski definition) is 0. The Hall–Kier alpha value is -6.50. The molecule has 8 aromatic rings. The molecule has 4 aliphatic rings. The van der Waals surface area contributed by atoms with Crippen molar-refractivity contribution in [3.63, 3.8) is 0 Å². The number of nitrogens with zero attached hydrogens (tertiary/aromatic N) is 3. The highest BCUT2D eigenvalue weighted by molar-refractivity contribution is 6.63. The van der Waals surface area contributed by atoms with E-state index in [4.69, 9.17) is 42.9 Å². The van der Waals surface area contributed by atoms with Gasteiger partial charge in [-0.3, -0.25) is 15.0 Å². The highest BCUT2D eigenvalue weighted by Crippen LogP contribution is 2.50. The third-order valence-electron chi connectivity index (χ3n) is 19.6. The Balaban J connectivity index is 0.639. The first-order valence-electron chi connectivity index (χ1n) is 29.2. The second-order valence-corrected chi connectivity index (χ2v) is 27.0. The third-order valence-corrected chi connectivity index (χ3v) is 19.6. The molecule has 3 saturated heterocycles. The lowest BCUT2D eigenvalue weighted by atomic mass is 9.74. The molecule has 2 atom stereocenters. The van der Waals surface area contributed by atoms with E-state index in [0.29, 0.717) is 6.42 Å². The Morgan fingerprint density at radius 3 is 1.33 bits per heavy atom. The Morgan fingerprint density at radius 2 is 0.805 bits per heavy atom. The maximum atomic E-state index is 6.86. The molecule has 0 amide bonds. The van der Waals surface area contributed by atoms with Crippen LogP contribution < -0.4 is 16.4 Å². The average molecular weight is 1090 g/mol. The van der Waals surface area contributed by atoms with Crippen molar-refractivity contribution in [1.82, 2.24) is 15.0 Å². The van der Waals surface area contributed by atoms with E-state index in [-0.39, 0.29) is 10.8 Å². The fraction of sp³-hybridized carbons (Fsp3) is 0.357. The Kier molecular flexibility index (Phi) is 13.7. The average Bonchev–Trinajstić information content (AvgIpc) is 4.00. The number of pyridine rings is 3. The molecule has 12 rings (SSSR count). The van der Waals surface area contributed by atoms with Gasteiger partial charge in [0.05, 0.1) is 50.7 Å². The van der Waals surface area contributed by atoms with E-state index >= 15 is 0 Å². The summed E-state index contributed by atoms with van der Waals surface area (Å²) in [6.07, 6.45) is 8.09. The first-order chi connectivity index (χ1) is 38.7. The summed E-state index contributed by atoms with van der Waals surface area (Å²) in [5.74, 6) is 0. The van der Waals surface area contributed by atoms with Gasteiger partial charge in [-0.05, 0) is 156 Å². The fourth-order valence-corrected chi connectivity index (χ4v) is 12.3. The zero-order chi connectivity index (χ0) is 57.8. The topological polar surface area (TPSA) is 94.1 Å². The van der Waals surface area contributed by atoms with Gasteiger partial charge < -0.3 is 27.9 Å². The molecule has 3 fully saturated rings. The highest BCUT2D eigenvalue weighted by Gasteiger charge is 2.56. The van der Waals surface area contributed by atoms with E-state index in [1.54, 1.807) is 0 Å². The minimum absolute atomic E-state index is 0.0689. The lowest BCUT2D eigenvalue weighted by molar-refractivity contribution is -0.0201. The van der Waals surface area contributed by atoms with Crippen LogP contribution in [0.15, 0.2) is 170 Å². The summed E-state index contributed by atoms with van der Waals surface area (Å²) in [7, 11) is -1.48. The van der Waals surface area contributed by atoms with Crippen LogP contribution in [-0.2, 0) is 45.2 Å². The van der Waals surface area contributed by atoms with Crippen molar-refractivity contribution in [2.24, 2.45) is 0 Å². The summed E-state index contributed by atoms with van der Waals surface area (Å²) >= 11 is 0. The van der Waals surface area contributed by atoms with Crippen LogP contribution >= 0.6 is 0 Å². The molecule has 5 aromatic carbocycles. The molecule has 416 valence electrons. The summed E-state index contributed by atoms with van der Waals surface area (Å²) in [4.78, 5) is 14.7. The molecular weight excluding hydrogens is 1010 g/mol. The van der Waals surface area contributed by atoms with Crippen molar-refractivity contribution in [1.29, 1.82) is 0 Å². The smallest absolute Gasteiger partial charge is 0.399 e. The zero-order valence-electron chi connectivity index (χ0n) is 50.3. The molecule has 0 spiro atoms. The lowest BCUT2D eigenvalue weighted by Gasteiger charge is -2.39. The van der Waals surface area contributed by atoms with Crippen molar-refractivity contribution >= 4 is 37.7 Å². The van der Waals surface area contributed by atoms with E-state index in [1.807, 2.05) is 24.7 Å². The molecule has 82 heavy (non-hydrogen) atoms. The molecule has 0 N–H and O–H groups in total. The van der Waals surface area contributed by atoms with E-state index in [0.717, 1.165) is 74.1 Å². The normalized spacial score (nSPS) is 21.9. The van der Waals surface area contributed by atoms with Gasteiger partial charge in [0, 0.05) is 63.5 Å². The summed E-state index contributed by atoms with van der Waals surface area (Å²) in [6, 6.07) is 54.1. The molecular formula is C70H76B3N3O6. The molecule has 0 saturated carbocycles. The molecule has 6 heterocycles. The van der Waals surface area contributed by atoms with Gasteiger partial charge in [0.2, 0.25) is 0 Å². The minimum Gasteiger partial charge on any atom is -0.399 e. The number of rotatable bonds is 13. The van der Waals surface area contributed by atoms with E-state index in [1.165, 1.54) is 33.4 Å². The van der Waals surface area contributed by atoms with Crippen LogP contribution in [0.2, 0.25) is 0 Å². The van der Waals surface area contributed by atoms with Gasteiger partial charge in [0.1, 0.15) is 0 Å². The van der Waals surface area contributed by atoms with Gasteiger partial charge in [0.25, 0.3) is 0 Å². The van der Waals surface area contributed by atoms with Crippen molar-refractivity contribution in [2.75, 3.05) is 0 Å². The van der Waals surface area contributed by atoms with Gasteiger partial charge in [0.15, 0.2) is 0 Å². The van der Waals surface area contributed by atoms with Crippen molar-refractivity contribution in [3.05, 3.63) is 193 Å². The summed E-state index contributed by atoms with van der Waals surface area (Å²) in [5, 5.41) is 0. The van der Waals surface area contributed by atoms with Crippen LogP contribution in [0.5, 0.6) is 0 Å². The Morgan fingerprint density at radius 1 is 0.390 bits per heavy atom. The summed E-state index contributed by atoms with van der Waals surface area (Å²) < 4.78 is 39.5. The Labute approximate surface area is 487 Å². The lowest BCUT2D eigenvalue weighted by Crippen LogP contribution is -2.46. The van der Waals surface area contributed by atoms with Crippen LogP contribution in [0, 0.1) is 0 Å². The molecule has 2 unspecified atom stereocenters. The monoisotopic (exact) mass is 1090 g/mol. The SMILES string of the molecule is CC(C)(CCC1(C)OB(c2ccc(-c3ccc(-c4ccc(CC5(C)OB(c6ccc(-c7ccc8c(c7)C(C)(C)c7ccccc7-8)nc6)OC5(C)C)cc4)cc3)nc2)OC1(C)C)c1ccc(-c2ccc(B3OC(C)(C)C(C)(C)O3)cn2)cc1. The molecule has 9 nitrogen and oxygen atoms in total. The fourth-order valence-electron chi connectivity index (χ4n) is 12.3. The van der Waals surface area contributed by atoms with Crippen LogP contribution in [0.3, 0.4) is 0 Å². The van der Waals surface area contributed by atoms with Crippen LogP contribution in [0.25, 0.3) is 56.0 Å². The summed E-state index contributed by atoms with van der Waals surface area (Å²) in [6.45, 7) is 30.4. The predicted molar refractivity (Wildman–Crippen MR) is 334 cm³/mol. The number of aromatic nitrogens is 3. The quantitative estimate of drug-likeness (QED) is 0.105. The first kappa shape index (κ1) is 56.0.